The number of aryl methyl sites for hydroxylation is 1. The van der Waals surface area contributed by atoms with Crippen LogP contribution in [0, 0.1) is 0 Å². The van der Waals surface area contributed by atoms with Crippen LogP contribution in [0.25, 0.3) is 6.08 Å². The molecule has 0 fully saturated rings. The monoisotopic (exact) mass is 151 g/mol. The minimum Gasteiger partial charge on any atom is -0.244 e. The number of aromatic nitrogens is 2. The summed E-state index contributed by atoms with van der Waals surface area (Å²) in [5.74, 6) is 1.18. The van der Waals surface area contributed by atoms with E-state index in [1.54, 1.807) is 0 Å². The highest BCUT2D eigenvalue weighted by molar-refractivity contribution is 5.35. The van der Waals surface area contributed by atoms with Crippen molar-refractivity contribution >= 4 is 6.08 Å². The molecule has 0 bridgehead atoms. The minimum atomic E-state index is 1.02. The van der Waals surface area contributed by atoms with Crippen LogP contribution < -0.4 is 4.57 Å². The smallest absolute Gasteiger partial charge is 0.244 e. The van der Waals surface area contributed by atoms with E-state index in [0.29, 0.717) is 0 Å². The Morgan fingerprint density at radius 3 is 3.00 bits per heavy atom. The third-order valence-corrected chi connectivity index (χ3v) is 1.65. The Balaban J connectivity index is 2.76. The van der Waals surface area contributed by atoms with E-state index in [1.807, 2.05) is 6.20 Å². The Labute approximate surface area is 67.6 Å². The maximum atomic E-state index is 3.17. The van der Waals surface area contributed by atoms with Crippen LogP contribution in [0.3, 0.4) is 0 Å². The summed E-state index contributed by atoms with van der Waals surface area (Å²) >= 11 is 0. The zero-order valence-corrected chi connectivity index (χ0v) is 7.17. The van der Waals surface area contributed by atoms with E-state index in [1.165, 1.54) is 5.82 Å². The van der Waals surface area contributed by atoms with Crippen molar-refractivity contribution in [1.29, 1.82) is 0 Å². The topological polar surface area (TPSA) is 19.7 Å². The van der Waals surface area contributed by atoms with E-state index >= 15 is 0 Å². The molecule has 1 heterocycles. The lowest BCUT2D eigenvalue weighted by Crippen LogP contribution is -2.32. The molecule has 0 saturated carbocycles. The molecule has 1 aromatic heterocycles. The fourth-order valence-electron chi connectivity index (χ4n) is 1.02. The number of hydrogen-bond donors (Lipinski definition) is 1. The molecular formula is C9H15N2+. The van der Waals surface area contributed by atoms with Gasteiger partial charge in [0.25, 0.3) is 5.82 Å². The molecule has 0 saturated heterocycles. The molecule has 0 amide bonds. The second-order valence-corrected chi connectivity index (χ2v) is 2.44. The van der Waals surface area contributed by atoms with Crippen LogP contribution in [-0.4, -0.2) is 4.98 Å². The Morgan fingerprint density at radius 2 is 2.36 bits per heavy atom. The van der Waals surface area contributed by atoms with Gasteiger partial charge >= 0.3 is 0 Å². The Kier molecular flexibility index (Phi) is 2.90. The van der Waals surface area contributed by atoms with Crippen molar-refractivity contribution in [2.24, 2.45) is 0 Å². The van der Waals surface area contributed by atoms with Gasteiger partial charge in [-0.25, -0.2) is 9.55 Å². The zero-order chi connectivity index (χ0) is 8.10. The maximum absolute atomic E-state index is 3.17. The molecule has 0 aliphatic rings. The average molecular weight is 151 g/mol. The molecule has 1 N–H and O–H groups in total. The van der Waals surface area contributed by atoms with Gasteiger partial charge in [-0.15, -0.1) is 0 Å². The molecule has 0 aliphatic heterocycles. The van der Waals surface area contributed by atoms with Gasteiger partial charge in [0.1, 0.15) is 12.4 Å². The Bertz CT molecular complexity index is 235. The molecule has 0 aromatic carbocycles. The normalized spacial score (nSPS) is 11.1. The van der Waals surface area contributed by atoms with Crippen LogP contribution in [0.15, 0.2) is 18.5 Å². The third-order valence-electron chi connectivity index (χ3n) is 1.65. The number of imidazole rings is 1. The fourth-order valence-corrected chi connectivity index (χ4v) is 1.02. The quantitative estimate of drug-likeness (QED) is 0.635. The fraction of sp³-hybridized carbons (Fsp3) is 0.444. The van der Waals surface area contributed by atoms with Gasteiger partial charge in [-0.1, -0.05) is 13.0 Å². The van der Waals surface area contributed by atoms with Crippen LogP contribution in [0.2, 0.25) is 0 Å². The molecule has 0 atom stereocenters. The molecule has 1 rings (SSSR count). The number of H-pyrrole nitrogens is 1. The average Bonchev–Trinajstić information content (AvgIpc) is 2.47. The highest BCUT2D eigenvalue weighted by atomic mass is 15.0. The zero-order valence-electron chi connectivity index (χ0n) is 7.17. The second-order valence-electron chi connectivity index (χ2n) is 2.44. The van der Waals surface area contributed by atoms with Crippen molar-refractivity contribution in [3.05, 3.63) is 24.3 Å². The third kappa shape index (κ3) is 1.93. The van der Waals surface area contributed by atoms with E-state index in [0.717, 1.165) is 13.0 Å². The van der Waals surface area contributed by atoms with Gasteiger partial charge in [0.2, 0.25) is 0 Å². The standard InChI is InChI=1S/C9H14N2/c1-3-5-6-9-10-7-8-11(9)4-2/h5-8H,3-4H2,1-2H3/p+1. The van der Waals surface area contributed by atoms with Crippen LogP contribution >= 0.6 is 0 Å². The number of aromatic amines is 1. The molecule has 0 aliphatic carbocycles. The number of rotatable bonds is 3. The number of nitrogens with one attached hydrogen (secondary N) is 1. The summed E-state index contributed by atoms with van der Waals surface area (Å²) in [6.07, 6.45) is 9.36. The van der Waals surface area contributed by atoms with Crippen molar-refractivity contribution in [1.82, 2.24) is 4.98 Å². The molecule has 0 spiro atoms. The number of nitrogens with zero attached hydrogens (tertiary/aromatic N) is 1. The predicted octanol–water partition coefficient (Wildman–Crippen LogP) is 1.75. The first-order valence-electron chi connectivity index (χ1n) is 4.11. The molecule has 2 heteroatoms. The van der Waals surface area contributed by atoms with Crippen molar-refractivity contribution in [2.45, 2.75) is 26.8 Å². The van der Waals surface area contributed by atoms with Gasteiger partial charge in [0.05, 0.1) is 6.54 Å². The van der Waals surface area contributed by atoms with E-state index in [4.69, 9.17) is 0 Å². The summed E-state index contributed by atoms with van der Waals surface area (Å²) in [5.41, 5.74) is 0. The first-order valence-corrected chi connectivity index (χ1v) is 4.11. The van der Waals surface area contributed by atoms with Crippen LogP contribution in [-0.2, 0) is 6.54 Å². The van der Waals surface area contributed by atoms with Gasteiger partial charge in [-0.2, -0.15) is 0 Å². The second kappa shape index (κ2) is 3.96. The summed E-state index contributed by atoms with van der Waals surface area (Å²) < 4.78 is 2.17. The van der Waals surface area contributed by atoms with Crippen LogP contribution in [0.4, 0.5) is 0 Å². The van der Waals surface area contributed by atoms with Gasteiger partial charge < -0.3 is 0 Å². The Morgan fingerprint density at radius 1 is 1.55 bits per heavy atom. The summed E-state index contributed by atoms with van der Waals surface area (Å²) in [6, 6.07) is 0. The van der Waals surface area contributed by atoms with Gasteiger partial charge in [-0.05, 0) is 13.3 Å². The highest BCUT2D eigenvalue weighted by Gasteiger charge is 2.01. The first-order chi connectivity index (χ1) is 5.38. The molecular weight excluding hydrogens is 136 g/mol. The SMILES string of the molecule is CCC=Cc1[nH]cc[n+]1CC. The summed E-state index contributed by atoms with van der Waals surface area (Å²) in [7, 11) is 0. The molecule has 60 valence electrons. The lowest BCUT2D eigenvalue weighted by atomic mass is 10.4. The highest BCUT2D eigenvalue weighted by Crippen LogP contribution is 1.91. The number of allylic oxidation sites excluding steroid dienone is 1. The molecule has 1 aromatic rings. The lowest BCUT2D eigenvalue weighted by molar-refractivity contribution is -0.693. The Hall–Kier alpha value is -1.05. The predicted molar refractivity (Wildman–Crippen MR) is 46.0 cm³/mol. The van der Waals surface area contributed by atoms with Gasteiger partial charge in [0, 0.05) is 6.08 Å². The van der Waals surface area contributed by atoms with Gasteiger partial charge in [-0.3, -0.25) is 0 Å². The summed E-state index contributed by atoms with van der Waals surface area (Å²) in [5, 5.41) is 0. The summed E-state index contributed by atoms with van der Waals surface area (Å²) in [6.45, 7) is 5.29. The molecule has 0 radical (unpaired) electrons. The number of hydrogen-bond acceptors (Lipinski definition) is 0. The van der Waals surface area contributed by atoms with Crippen LogP contribution in [0.5, 0.6) is 0 Å². The first kappa shape index (κ1) is 8.05. The van der Waals surface area contributed by atoms with Crippen molar-refractivity contribution in [3.8, 4) is 0 Å². The minimum absolute atomic E-state index is 1.02. The molecule has 11 heavy (non-hydrogen) atoms. The molecule has 2 nitrogen and oxygen atoms in total. The van der Waals surface area contributed by atoms with E-state index in [-0.39, 0.29) is 0 Å². The maximum Gasteiger partial charge on any atom is 0.278 e. The van der Waals surface area contributed by atoms with Crippen molar-refractivity contribution in [3.63, 3.8) is 0 Å². The molecule has 0 unspecified atom stereocenters. The largest absolute Gasteiger partial charge is 0.278 e. The lowest BCUT2D eigenvalue weighted by Gasteiger charge is -1.89. The summed E-state index contributed by atoms with van der Waals surface area (Å²) in [4.78, 5) is 3.17. The van der Waals surface area contributed by atoms with E-state index < -0.39 is 0 Å². The van der Waals surface area contributed by atoms with Crippen LogP contribution in [0.1, 0.15) is 26.1 Å². The van der Waals surface area contributed by atoms with E-state index in [9.17, 15) is 0 Å². The van der Waals surface area contributed by atoms with Crippen molar-refractivity contribution in [2.75, 3.05) is 0 Å². The van der Waals surface area contributed by atoms with E-state index in [2.05, 4.69) is 41.7 Å². The van der Waals surface area contributed by atoms with Crippen molar-refractivity contribution < 1.29 is 4.57 Å². The van der Waals surface area contributed by atoms with Gasteiger partial charge in [0.15, 0.2) is 0 Å².